The van der Waals surface area contributed by atoms with Gasteiger partial charge in [0.05, 0.1) is 14.2 Å². The summed E-state index contributed by atoms with van der Waals surface area (Å²) in [6, 6.07) is 8.80. The first-order chi connectivity index (χ1) is 12.1. The fourth-order valence-electron chi connectivity index (χ4n) is 2.52. The molecule has 7 heteroatoms. The van der Waals surface area contributed by atoms with Gasteiger partial charge in [0.1, 0.15) is 0 Å². The van der Waals surface area contributed by atoms with Crippen LogP contribution in [0, 0.1) is 6.92 Å². The summed E-state index contributed by atoms with van der Waals surface area (Å²) in [5.74, 6) is 2.58. The number of methoxy groups -OCH3 is 2. The second-order valence-corrected chi connectivity index (χ2v) is 5.52. The van der Waals surface area contributed by atoms with Crippen LogP contribution in [0.5, 0.6) is 23.0 Å². The molecule has 0 bridgehead atoms. The van der Waals surface area contributed by atoms with Gasteiger partial charge in [-0.05, 0) is 36.2 Å². The van der Waals surface area contributed by atoms with Crippen LogP contribution >= 0.6 is 0 Å². The zero-order valence-electron chi connectivity index (χ0n) is 14.3. The van der Waals surface area contributed by atoms with E-state index < -0.39 is 0 Å². The summed E-state index contributed by atoms with van der Waals surface area (Å²) in [4.78, 5) is 12.2. The highest BCUT2D eigenvalue weighted by molar-refractivity contribution is 5.90. The lowest BCUT2D eigenvalue weighted by atomic mass is 10.1. The molecule has 0 aliphatic carbocycles. The molecule has 0 fully saturated rings. The first-order valence-electron chi connectivity index (χ1n) is 7.76. The van der Waals surface area contributed by atoms with E-state index in [2.05, 4.69) is 10.6 Å². The molecule has 2 amide bonds. The zero-order chi connectivity index (χ0) is 17.8. The van der Waals surface area contributed by atoms with Gasteiger partial charge in [0.15, 0.2) is 23.0 Å². The van der Waals surface area contributed by atoms with E-state index in [1.807, 2.05) is 31.2 Å². The largest absolute Gasteiger partial charge is 0.493 e. The van der Waals surface area contributed by atoms with Gasteiger partial charge in [-0.1, -0.05) is 6.07 Å². The van der Waals surface area contributed by atoms with Gasteiger partial charge in [0, 0.05) is 18.3 Å². The third kappa shape index (κ3) is 3.71. The molecule has 3 rings (SSSR count). The molecular formula is C18H20N2O5. The summed E-state index contributed by atoms with van der Waals surface area (Å²) in [7, 11) is 3.12. The van der Waals surface area contributed by atoms with E-state index in [1.165, 1.54) is 0 Å². The van der Waals surface area contributed by atoms with Crippen LogP contribution in [0.1, 0.15) is 11.1 Å². The van der Waals surface area contributed by atoms with Gasteiger partial charge in [-0.3, -0.25) is 0 Å². The van der Waals surface area contributed by atoms with E-state index >= 15 is 0 Å². The van der Waals surface area contributed by atoms with Gasteiger partial charge in [-0.2, -0.15) is 0 Å². The number of carbonyl (C=O) groups is 1. The van der Waals surface area contributed by atoms with Gasteiger partial charge in [0.2, 0.25) is 6.79 Å². The molecule has 1 aliphatic heterocycles. The third-order valence-electron chi connectivity index (χ3n) is 3.87. The number of aryl methyl sites for hydroxylation is 1. The first kappa shape index (κ1) is 16.8. The van der Waals surface area contributed by atoms with Gasteiger partial charge < -0.3 is 29.6 Å². The van der Waals surface area contributed by atoms with Crippen LogP contribution in [0.3, 0.4) is 0 Å². The Bertz CT molecular complexity index is 791. The molecule has 1 heterocycles. The van der Waals surface area contributed by atoms with Crippen LogP contribution in [-0.4, -0.2) is 27.0 Å². The Balaban J connectivity index is 1.63. The molecule has 0 atom stereocenters. The second-order valence-electron chi connectivity index (χ2n) is 5.52. The molecule has 7 nitrogen and oxygen atoms in total. The molecule has 0 spiro atoms. The van der Waals surface area contributed by atoms with Crippen LogP contribution in [0.25, 0.3) is 0 Å². The van der Waals surface area contributed by atoms with Crippen LogP contribution in [0.15, 0.2) is 30.3 Å². The summed E-state index contributed by atoms with van der Waals surface area (Å²) in [5, 5.41) is 5.63. The molecule has 0 unspecified atom stereocenters. The summed E-state index contributed by atoms with van der Waals surface area (Å²) >= 11 is 0. The Kier molecular flexibility index (Phi) is 4.83. The number of hydrogen-bond donors (Lipinski definition) is 2. The maximum Gasteiger partial charge on any atom is 0.319 e. The number of amides is 2. The van der Waals surface area contributed by atoms with Gasteiger partial charge >= 0.3 is 6.03 Å². The van der Waals surface area contributed by atoms with Gasteiger partial charge in [-0.25, -0.2) is 4.79 Å². The van der Waals surface area contributed by atoms with Crippen molar-refractivity contribution in [2.75, 3.05) is 26.3 Å². The zero-order valence-corrected chi connectivity index (χ0v) is 14.3. The lowest BCUT2D eigenvalue weighted by Gasteiger charge is -2.14. The number of carbonyl (C=O) groups excluding carboxylic acids is 1. The van der Waals surface area contributed by atoms with Crippen molar-refractivity contribution in [2.24, 2.45) is 0 Å². The number of ether oxygens (including phenoxy) is 4. The Morgan fingerprint density at radius 2 is 1.80 bits per heavy atom. The second kappa shape index (κ2) is 7.21. The predicted octanol–water partition coefficient (Wildman–Crippen LogP) is 3.06. The van der Waals surface area contributed by atoms with E-state index in [4.69, 9.17) is 18.9 Å². The van der Waals surface area contributed by atoms with Crippen LogP contribution < -0.4 is 29.6 Å². The summed E-state index contributed by atoms with van der Waals surface area (Å²) in [5.41, 5.74) is 2.44. The maximum atomic E-state index is 12.2. The normalized spacial score (nSPS) is 11.8. The molecule has 0 saturated carbocycles. The van der Waals surface area contributed by atoms with Crippen molar-refractivity contribution in [3.63, 3.8) is 0 Å². The first-order valence-corrected chi connectivity index (χ1v) is 7.76. The van der Waals surface area contributed by atoms with Crippen LogP contribution in [0.2, 0.25) is 0 Å². The van der Waals surface area contributed by atoms with Crippen molar-refractivity contribution < 1.29 is 23.7 Å². The van der Waals surface area contributed by atoms with Crippen molar-refractivity contribution in [1.29, 1.82) is 0 Å². The molecule has 2 aromatic rings. The topological polar surface area (TPSA) is 78.1 Å². The Morgan fingerprint density at radius 3 is 2.56 bits per heavy atom. The van der Waals surface area contributed by atoms with Crippen molar-refractivity contribution in [1.82, 2.24) is 5.32 Å². The molecule has 2 aromatic carbocycles. The lowest BCUT2D eigenvalue weighted by Crippen LogP contribution is -2.28. The molecular weight excluding hydrogens is 324 g/mol. The molecule has 1 aliphatic rings. The Labute approximate surface area is 145 Å². The lowest BCUT2D eigenvalue weighted by molar-refractivity contribution is 0.174. The smallest absolute Gasteiger partial charge is 0.319 e. The van der Waals surface area contributed by atoms with E-state index in [0.29, 0.717) is 35.2 Å². The Morgan fingerprint density at radius 1 is 1.08 bits per heavy atom. The minimum atomic E-state index is -0.312. The number of hydrogen-bond acceptors (Lipinski definition) is 5. The fraction of sp³-hybridized carbons (Fsp3) is 0.278. The summed E-state index contributed by atoms with van der Waals surface area (Å²) in [6.07, 6.45) is 0. The fourth-order valence-corrected chi connectivity index (χ4v) is 2.52. The molecule has 0 saturated heterocycles. The highest BCUT2D eigenvalue weighted by Crippen LogP contribution is 2.33. The molecule has 2 N–H and O–H groups in total. The van der Waals surface area contributed by atoms with Crippen LogP contribution in [0.4, 0.5) is 10.5 Å². The van der Waals surface area contributed by atoms with E-state index in [0.717, 1.165) is 11.1 Å². The number of anilines is 1. The van der Waals surface area contributed by atoms with Crippen molar-refractivity contribution in [2.45, 2.75) is 13.5 Å². The van der Waals surface area contributed by atoms with Crippen molar-refractivity contribution >= 4 is 11.7 Å². The molecule has 0 radical (unpaired) electrons. The predicted molar refractivity (Wildman–Crippen MR) is 92.7 cm³/mol. The maximum absolute atomic E-state index is 12.2. The number of nitrogens with one attached hydrogen (secondary N) is 2. The number of urea groups is 1. The summed E-state index contributed by atoms with van der Waals surface area (Å²) in [6.45, 7) is 2.48. The molecule has 132 valence electrons. The highest BCUT2D eigenvalue weighted by Gasteiger charge is 2.14. The van der Waals surface area contributed by atoms with E-state index in [9.17, 15) is 4.79 Å². The SMILES string of the molecule is COc1cc(C)c(NC(=O)NCc2ccc3c(c2)OCO3)cc1OC. The quantitative estimate of drug-likeness (QED) is 0.872. The average molecular weight is 344 g/mol. The molecule has 25 heavy (non-hydrogen) atoms. The third-order valence-corrected chi connectivity index (χ3v) is 3.87. The van der Waals surface area contributed by atoms with Crippen molar-refractivity contribution in [3.05, 3.63) is 41.5 Å². The Hall–Kier alpha value is -3.09. The monoisotopic (exact) mass is 344 g/mol. The number of rotatable bonds is 5. The van der Waals surface area contributed by atoms with Crippen LogP contribution in [-0.2, 0) is 6.54 Å². The highest BCUT2D eigenvalue weighted by atomic mass is 16.7. The summed E-state index contributed by atoms with van der Waals surface area (Å²) < 4.78 is 21.1. The standard InChI is InChI=1S/C18H20N2O5/c1-11-6-15(22-2)16(23-3)8-13(11)20-18(21)19-9-12-4-5-14-17(7-12)25-10-24-14/h4-8H,9-10H2,1-3H3,(H2,19,20,21). The minimum Gasteiger partial charge on any atom is -0.493 e. The van der Waals surface area contributed by atoms with E-state index in [1.54, 1.807) is 20.3 Å². The average Bonchev–Trinajstić information content (AvgIpc) is 3.09. The van der Waals surface area contributed by atoms with Gasteiger partial charge in [-0.15, -0.1) is 0 Å². The van der Waals surface area contributed by atoms with Gasteiger partial charge in [0.25, 0.3) is 0 Å². The minimum absolute atomic E-state index is 0.227. The van der Waals surface area contributed by atoms with Crippen molar-refractivity contribution in [3.8, 4) is 23.0 Å². The number of fused-ring (bicyclic) bond motifs is 1. The van der Waals surface area contributed by atoms with E-state index in [-0.39, 0.29) is 12.8 Å². The molecule has 0 aromatic heterocycles. The number of benzene rings is 2.